The molecule has 6 heteroatoms. The number of hydrogen-bond donors (Lipinski definition) is 1. The molecule has 142 valence electrons. The van der Waals surface area contributed by atoms with Crippen LogP contribution in [0.1, 0.15) is 25.7 Å². The van der Waals surface area contributed by atoms with Gasteiger partial charge in [0.25, 0.3) is 0 Å². The molecule has 0 unspecified atom stereocenters. The number of methoxy groups -OCH3 is 1. The number of ether oxygens (including phenoxy) is 2. The molecule has 27 heavy (non-hydrogen) atoms. The molecule has 0 atom stereocenters. The Hall–Kier alpha value is -3.02. The molecule has 0 aromatic heterocycles. The fourth-order valence-electron chi connectivity index (χ4n) is 3.02. The first-order valence-electron chi connectivity index (χ1n) is 9.13. The number of hydrogen-bond acceptors (Lipinski definition) is 4. The molecule has 2 amide bonds. The molecular formula is C21H24N2O4. The van der Waals surface area contributed by atoms with Gasteiger partial charge in [-0.25, -0.2) is 0 Å². The van der Waals surface area contributed by atoms with Crippen LogP contribution in [0.15, 0.2) is 48.5 Å². The quantitative estimate of drug-likeness (QED) is 0.723. The number of amides is 2. The maximum Gasteiger partial charge on any atom is 0.227 e. The molecule has 6 nitrogen and oxygen atoms in total. The van der Waals surface area contributed by atoms with E-state index in [9.17, 15) is 9.59 Å². The summed E-state index contributed by atoms with van der Waals surface area (Å²) in [6, 6.07) is 14.8. The average Bonchev–Trinajstić information content (AvgIpc) is 3.12. The number of nitrogens with one attached hydrogen (secondary N) is 1. The Morgan fingerprint density at radius 3 is 2.56 bits per heavy atom. The minimum Gasteiger partial charge on any atom is -0.497 e. The van der Waals surface area contributed by atoms with Crippen LogP contribution in [0.3, 0.4) is 0 Å². The highest BCUT2D eigenvalue weighted by Gasteiger charge is 2.24. The third kappa shape index (κ3) is 5.00. The molecule has 2 aromatic carbocycles. The highest BCUT2D eigenvalue weighted by Crippen LogP contribution is 2.29. The summed E-state index contributed by atoms with van der Waals surface area (Å²) in [5, 5.41) is 2.92. The number of benzene rings is 2. The molecule has 2 aromatic rings. The van der Waals surface area contributed by atoms with Crippen molar-refractivity contribution in [1.82, 2.24) is 0 Å². The van der Waals surface area contributed by atoms with Crippen LogP contribution in [0.4, 0.5) is 11.4 Å². The van der Waals surface area contributed by atoms with Crippen LogP contribution >= 0.6 is 0 Å². The molecule has 0 radical (unpaired) electrons. The van der Waals surface area contributed by atoms with E-state index in [0.717, 1.165) is 23.6 Å². The Bertz CT molecular complexity index is 789. The fourth-order valence-corrected chi connectivity index (χ4v) is 3.02. The Labute approximate surface area is 159 Å². The Balaban J connectivity index is 1.47. The molecule has 3 rings (SSSR count). The largest absolute Gasteiger partial charge is 0.497 e. The minimum absolute atomic E-state index is 0.0903. The van der Waals surface area contributed by atoms with E-state index >= 15 is 0 Å². The maximum atomic E-state index is 12.3. The van der Waals surface area contributed by atoms with Crippen molar-refractivity contribution in [3.8, 4) is 11.5 Å². The number of rotatable bonds is 8. The first-order chi connectivity index (χ1) is 13.2. The first-order valence-corrected chi connectivity index (χ1v) is 9.13. The molecule has 1 saturated heterocycles. The topological polar surface area (TPSA) is 67.9 Å². The number of carbonyl (C=O) groups excluding carboxylic acids is 2. The monoisotopic (exact) mass is 368 g/mol. The standard InChI is InChI=1S/C21H24N2O4/c1-26-16-10-12-17(13-11-16)27-15-5-8-20(24)22-18-6-2-3-7-19(18)23-14-4-9-21(23)25/h2-3,6-7,10-13H,4-5,8-9,14-15H2,1H3,(H,22,24). The molecule has 0 bridgehead atoms. The third-order valence-electron chi connectivity index (χ3n) is 4.42. The highest BCUT2D eigenvalue weighted by molar-refractivity contribution is 6.02. The van der Waals surface area contributed by atoms with Crippen molar-refractivity contribution in [3.05, 3.63) is 48.5 Å². The molecule has 1 N–H and O–H groups in total. The average molecular weight is 368 g/mol. The van der Waals surface area contributed by atoms with Gasteiger partial charge in [-0.05, 0) is 49.2 Å². The summed E-state index contributed by atoms with van der Waals surface area (Å²) in [5.74, 6) is 1.53. The Morgan fingerprint density at radius 2 is 1.85 bits per heavy atom. The summed E-state index contributed by atoms with van der Waals surface area (Å²) >= 11 is 0. The van der Waals surface area contributed by atoms with Gasteiger partial charge in [0, 0.05) is 19.4 Å². The minimum atomic E-state index is -0.0903. The summed E-state index contributed by atoms with van der Waals surface area (Å²) in [4.78, 5) is 26.0. The SMILES string of the molecule is COc1ccc(OCCCC(=O)Nc2ccccc2N2CCCC2=O)cc1. The zero-order valence-electron chi connectivity index (χ0n) is 15.4. The van der Waals surface area contributed by atoms with Crippen molar-refractivity contribution >= 4 is 23.2 Å². The maximum absolute atomic E-state index is 12.3. The van der Waals surface area contributed by atoms with Crippen molar-refractivity contribution < 1.29 is 19.1 Å². The van der Waals surface area contributed by atoms with Gasteiger partial charge in [-0.15, -0.1) is 0 Å². The van der Waals surface area contributed by atoms with Crippen LogP contribution in [0, 0.1) is 0 Å². The predicted octanol–water partition coefficient (Wildman–Crippen LogP) is 3.62. The number of nitrogens with zero attached hydrogens (tertiary/aromatic N) is 1. The van der Waals surface area contributed by atoms with Gasteiger partial charge >= 0.3 is 0 Å². The highest BCUT2D eigenvalue weighted by atomic mass is 16.5. The van der Waals surface area contributed by atoms with Gasteiger partial charge in [-0.2, -0.15) is 0 Å². The summed E-state index contributed by atoms with van der Waals surface area (Å²) in [7, 11) is 1.62. The van der Waals surface area contributed by atoms with Gasteiger partial charge in [0.15, 0.2) is 0 Å². The van der Waals surface area contributed by atoms with Crippen LogP contribution in [0.5, 0.6) is 11.5 Å². The fraction of sp³-hybridized carbons (Fsp3) is 0.333. The molecule has 1 aliphatic heterocycles. The summed E-state index contributed by atoms with van der Waals surface area (Å²) in [5.41, 5.74) is 1.44. The Kier molecular flexibility index (Phi) is 6.30. The van der Waals surface area contributed by atoms with Crippen LogP contribution in [-0.4, -0.2) is 32.1 Å². The second kappa shape index (κ2) is 9.07. The van der Waals surface area contributed by atoms with Gasteiger partial charge in [0.05, 0.1) is 25.1 Å². The lowest BCUT2D eigenvalue weighted by Gasteiger charge is -2.20. The van der Waals surface area contributed by atoms with Crippen molar-refractivity contribution in [2.24, 2.45) is 0 Å². The summed E-state index contributed by atoms with van der Waals surface area (Å²) in [6.07, 6.45) is 2.36. The van der Waals surface area contributed by atoms with Gasteiger partial charge in [-0.3, -0.25) is 9.59 Å². The van der Waals surface area contributed by atoms with Crippen molar-refractivity contribution in [3.63, 3.8) is 0 Å². The van der Waals surface area contributed by atoms with E-state index in [4.69, 9.17) is 9.47 Å². The molecule has 0 saturated carbocycles. The van der Waals surface area contributed by atoms with Crippen LogP contribution in [0.25, 0.3) is 0 Å². The summed E-state index contributed by atoms with van der Waals surface area (Å²) in [6.45, 7) is 1.15. The molecule has 1 aliphatic rings. The predicted molar refractivity (Wildman–Crippen MR) is 104 cm³/mol. The lowest BCUT2D eigenvalue weighted by atomic mass is 10.2. The molecule has 0 aliphatic carbocycles. The Morgan fingerprint density at radius 1 is 1.11 bits per heavy atom. The number of para-hydroxylation sites is 2. The lowest BCUT2D eigenvalue weighted by Crippen LogP contribution is -2.25. The van der Waals surface area contributed by atoms with Gasteiger partial charge in [-0.1, -0.05) is 12.1 Å². The second-order valence-electron chi connectivity index (χ2n) is 6.34. The van der Waals surface area contributed by atoms with E-state index in [-0.39, 0.29) is 11.8 Å². The number of anilines is 2. The van der Waals surface area contributed by atoms with Crippen LogP contribution in [-0.2, 0) is 9.59 Å². The van der Waals surface area contributed by atoms with Gasteiger partial charge in [0.1, 0.15) is 11.5 Å². The third-order valence-corrected chi connectivity index (χ3v) is 4.42. The van der Waals surface area contributed by atoms with E-state index in [1.807, 2.05) is 48.5 Å². The van der Waals surface area contributed by atoms with Crippen LogP contribution in [0.2, 0.25) is 0 Å². The second-order valence-corrected chi connectivity index (χ2v) is 6.34. The van der Waals surface area contributed by atoms with Crippen molar-refractivity contribution in [2.45, 2.75) is 25.7 Å². The first kappa shape index (κ1) is 18.8. The van der Waals surface area contributed by atoms with Crippen LogP contribution < -0.4 is 19.7 Å². The summed E-state index contributed by atoms with van der Waals surface area (Å²) < 4.78 is 10.7. The van der Waals surface area contributed by atoms with E-state index in [0.29, 0.717) is 38.1 Å². The van der Waals surface area contributed by atoms with Crippen molar-refractivity contribution in [1.29, 1.82) is 0 Å². The van der Waals surface area contributed by atoms with Gasteiger partial charge in [0.2, 0.25) is 11.8 Å². The van der Waals surface area contributed by atoms with E-state index in [1.165, 1.54) is 0 Å². The molecule has 0 spiro atoms. The lowest BCUT2D eigenvalue weighted by molar-refractivity contribution is -0.117. The smallest absolute Gasteiger partial charge is 0.227 e. The zero-order chi connectivity index (χ0) is 19.1. The van der Waals surface area contributed by atoms with E-state index in [1.54, 1.807) is 12.0 Å². The molecule has 1 fully saturated rings. The van der Waals surface area contributed by atoms with E-state index < -0.39 is 0 Å². The molecule has 1 heterocycles. The number of carbonyl (C=O) groups is 2. The molecular weight excluding hydrogens is 344 g/mol. The van der Waals surface area contributed by atoms with E-state index in [2.05, 4.69) is 5.32 Å². The normalized spacial score (nSPS) is 13.5. The van der Waals surface area contributed by atoms with Crippen molar-refractivity contribution in [2.75, 3.05) is 30.5 Å². The zero-order valence-corrected chi connectivity index (χ0v) is 15.4. The van der Waals surface area contributed by atoms with Gasteiger partial charge < -0.3 is 19.7 Å².